The maximum absolute atomic E-state index is 12.6. The van der Waals surface area contributed by atoms with Gasteiger partial charge in [-0.05, 0) is 65.2 Å². The fourth-order valence-electron chi connectivity index (χ4n) is 4.55. The minimum atomic E-state index is -0.488. The molecule has 2 aliphatic heterocycles. The third-order valence-electron chi connectivity index (χ3n) is 6.34. The summed E-state index contributed by atoms with van der Waals surface area (Å²) in [6.07, 6.45) is 7.61. The lowest BCUT2D eigenvalue weighted by molar-refractivity contribution is -0.122. The summed E-state index contributed by atoms with van der Waals surface area (Å²) in [4.78, 5) is 37.6. The molecular formula is C25H42N6O3. The van der Waals surface area contributed by atoms with Gasteiger partial charge in [0.05, 0.1) is 0 Å². The van der Waals surface area contributed by atoms with Crippen LogP contribution in [0.3, 0.4) is 0 Å². The van der Waals surface area contributed by atoms with Crippen molar-refractivity contribution in [3.8, 4) is 0 Å². The Morgan fingerprint density at radius 2 is 1.91 bits per heavy atom. The van der Waals surface area contributed by atoms with E-state index in [4.69, 9.17) is 4.74 Å². The average molecular weight is 475 g/mol. The summed E-state index contributed by atoms with van der Waals surface area (Å²) in [5.41, 5.74) is -0.488. The Labute approximate surface area is 204 Å². The number of amides is 2. The number of carbonyl (C=O) groups excluding carboxylic acids is 2. The molecule has 3 heterocycles. The molecule has 2 saturated heterocycles. The van der Waals surface area contributed by atoms with Gasteiger partial charge in [0.15, 0.2) is 0 Å². The molecule has 0 saturated carbocycles. The smallest absolute Gasteiger partial charge is 0.410 e. The number of nitrogens with one attached hydrogen (secondary N) is 2. The van der Waals surface area contributed by atoms with E-state index < -0.39 is 5.60 Å². The highest BCUT2D eigenvalue weighted by atomic mass is 16.6. The van der Waals surface area contributed by atoms with Crippen LogP contribution in [0.25, 0.3) is 0 Å². The molecule has 0 radical (unpaired) electrons. The number of likely N-dealkylation sites (tertiary alicyclic amines) is 1. The Balaban J connectivity index is 1.38. The molecule has 9 nitrogen and oxygen atoms in total. The van der Waals surface area contributed by atoms with Gasteiger partial charge in [0, 0.05) is 51.3 Å². The minimum Gasteiger partial charge on any atom is -0.444 e. The van der Waals surface area contributed by atoms with E-state index >= 15 is 0 Å². The summed E-state index contributed by atoms with van der Waals surface area (Å²) in [5, 5.41) is 6.50. The highest BCUT2D eigenvalue weighted by Gasteiger charge is 2.28. The lowest BCUT2D eigenvalue weighted by Gasteiger charge is -2.34. The maximum atomic E-state index is 12.6. The Kier molecular flexibility index (Phi) is 9.36. The molecule has 1 aromatic rings. The van der Waals surface area contributed by atoms with Crippen LogP contribution in [0.4, 0.5) is 16.4 Å². The third-order valence-corrected chi connectivity index (χ3v) is 6.34. The Bertz CT molecular complexity index is 804. The Hall–Kier alpha value is -2.58. The zero-order valence-corrected chi connectivity index (χ0v) is 21.3. The van der Waals surface area contributed by atoms with Gasteiger partial charge in [0.2, 0.25) is 5.91 Å². The molecule has 3 rings (SSSR count). The minimum absolute atomic E-state index is 0.112. The monoisotopic (exact) mass is 474 g/mol. The van der Waals surface area contributed by atoms with Crippen molar-refractivity contribution in [2.45, 2.75) is 84.3 Å². The molecule has 0 aromatic carbocycles. The molecule has 0 spiro atoms. The van der Waals surface area contributed by atoms with Crippen LogP contribution in [0.15, 0.2) is 12.4 Å². The predicted molar refractivity (Wildman–Crippen MR) is 134 cm³/mol. The Morgan fingerprint density at radius 1 is 1.15 bits per heavy atom. The van der Waals surface area contributed by atoms with Crippen molar-refractivity contribution >= 4 is 23.6 Å². The first kappa shape index (κ1) is 26.0. The average Bonchev–Trinajstić information content (AvgIpc) is 2.81. The summed E-state index contributed by atoms with van der Waals surface area (Å²) in [5.74, 6) is 2.42. The van der Waals surface area contributed by atoms with Gasteiger partial charge in [-0.25, -0.2) is 14.8 Å². The zero-order valence-electron chi connectivity index (χ0n) is 21.3. The fourth-order valence-corrected chi connectivity index (χ4v) is 4.55. The van der Waals surface area contributed by atoms with E-state index in [0.29, 0.717) is 25.4 Å². The van der Waals surface area contributed by atoms with E-state index in [1.54, 1.807) is 11.2 Å². The number of anilines is 2. The van der Waals surface area contributed by atoms with Crippen LogP contribution in [0.2, 0.25) is 0 Å². The van der Waals surface area contributed by atoms with Gasteiger partial charge in [0.25, 0.3) is 0 Å². The van der Waals surface area contributed by atoms with Crippen LogP contribution >= 0.6 is 0 Å². The summed E-state index contributed by atoms with van der Waals surface area (Å²) in [6, 6.07) is 2.15. The second kappa shape index (κ2) is 12.2. The number of aromatic nitrogens is 2. The van der Waals surface area contributed by atoms with E-state index in [1.165, 1.54) is 0 Å². The molecule has 9 heteroatoms. The van der Waals surface area contributed by atoms with Crippen LogP contribution in [0, 0.1) is 5.92 Å². The number of ether oxygens (including phenoxy) is 1. The zero-order chi connectivity index (χ0) is 24.6. The van der Waals surface area contributed by atoms with E-state index in [0.717, 1.165) is 69.8 Å². The van der Waals surface area contributed by atoms with Crippen molar-refractivity contribution in [2.24, 2.45) is 5.92 Å². The second-order valence-corrected chi connectivity index (χ2v) is 10.5. The van der Waals surface area contributed by atoms with Crippen molar-refractivity contribution < 1.29 is 14.3 Å². The normalized spacial score (nSPS) is 19.6. The van der Waals surface area contributed by atoms with Crippen molar-refractivity contribution in [2.75, 3.05) is 42.9 Å². The Morgan fingerprint density at radius 3 is 2.62 bits per heavy atom. The van der Waals surface area contributed by atoms with Gasteiger partial charge in [0.1, 0.15) is 23.6 Å². The van der Waals surface area contributed by atoms with Crippen LogP contribution < -0.4 is 15.5 Å². The molecule has 0 bridgehead atoms. The van der Waals surface area contributed by atoms with Crippen molar-refractivity contribution in [3.63, 3.8) is 0 Å². The van der Waals surface area contributed by atoms with Crippen molar-refractivity contribution in [3.05, 3.63) is 12.4 Å². The number of piperidine rings is 2. The first-order valence-electron chi connectivity index (χ1n) is 12.8. The van der Waals surface area contributed by atoms with Gasteiger partial charge in [-0.2, -0.15) is 0 Å². The van der Waals surface area contributed by atoms with Crippen LogP contribution in [-0.2, 0) is 9.53 Å². The van der Waals surface area contributed by atoms with Gasteiger partial charge in [-0.15, -0.1) is 0 Å². The third kappa shape index (κ3) is 8.33. The molecule has 1 aromatic heterocycles. The van der Waals surface area contributed by atoms with Gasteiger partial charge < -0.3 is 25.2 Å². The van der Waals surface area contributed by atoms with E-state index in [-0.39, 0.29) is 18.0 Å². The number of hydrogen-bond donors (Lipinski definition) is 2. The summed E-state index contributed by atoms with van der Waals surface area (Å²) in [7, 11) is 0. The molecule has 1 atom stereocenters. The topological polar surface area (TPSA) is 99.7 Å². The van der Waals surface area contributed by atoms with Crippen LogP contribution in [0.5, 0.6) is 0 Å². The number of rotatable bonds is 8. The first-order chi connectivity index (χ1) is 16.2. The maximum Gasteiger partial charge on any atom is 0.410 e. The predicted octanol–water partition coefficient (Wildman–Crippen LogP) is 3.81. The first-order valence-corrected chi connectivity index (χ1v) is 12.8. The van der Waals surface area contributed by atoms with E-state index in [9.17, 15) is 9.59 Å². The number of nitrogens with zero attached hydrogens (tertiary/aromatic N) is 4. The van der Waals surface area contributed by atoms with Crippen molar-refractivity contribution in [1.29, 1.82) is 0 Å². The molecule has 0 aliphatic carbocycles. The lowest BCUT2D eigenvalue weighted by Crippen LogP contribution is -2.47. The van der Waals surface area contributed by atoms with Crippen LogP contribution in [-0.4, -0.2) is 71.2 Å². The van der Waals surface area contributed by atoms with Crippen LogP contribution in [0.1, 0.15) is 72.6 Å². The molecule has 2 fully saturated rings. The molecule has 2 N–H and O–H groups in total. The second-order valence-electron chi connectivity index (χ2n) is 10.5. The molecule has 34 heavy (non-hydrogen) atoms. The lowest BCUT2D eigenvalue weighted by atomic mass is 9.93. The molecular weight excluding hydrogens is 432 g/mol. The quantitative estimate of drug-likeness (QED) is 0.591. The summed E-state index contributed by atoms with van der Waals surface area (Å²) >= 11 is 0. The van der Waals surface area contributed by atoms with Gasteiger partial charge in [-0.3, -0.25) is 4.79 Å². The van der Waals surface area contributed by atoms with Crippen molar-refractivity contribution in [1.82, 2.24) is 20.2 Å². The number of hydrogen-bond acceptors (Lipinski definition) is 7. The largest absolute Gasteiger partial charge is 0.444 e. The highest BCUT2D eigenvalue weighted by Crippen LogP contribution is 2.25. The standard InChI is InChI=1S/C25H42N6O3/c1-5-12-26-21-16-22(28-18-27-21)31-13-6-7-19(17-31)8-9-23(32)29-20-10-14-30(15-11-20)24(33)34-25(2,3)4/h16,18-20H,5-15,17H2,1-4H3,(H,29,32)(H,26,27,28)/t19-/m1/s1. The fraction of sp³-hybridized carbons (Fsp3) is 0.760. The molecule has 0 unspecified atom stereocenters. The van der Waals surface area contributed by atoms with Gasteiger partial charge in [-0.1, -0.05) is 6.92 Å². The SMILES string of the molecule is CCCNc1cc(N2CCC[C@H](CCC(=O)NC3CCN(C(=O)OC(C)(C)C)CC3)C2)ncn1. The summed E-state index contributed by atoms with van der Waals surface area (Å²) < 4.78 is 5.45. The van der Waals surface area contributed by atoms with E-state index in [2.05, 4.69) is 32.4 Å². The molecule has 2 aliphatic rings. The highest BCUT2D eigenvalue weighted by molar-refractivity contribution is 5.76. The number of carbonyl (C=O) groups is 2. The molecule has 2 amide bonds. The van der Waals surface area contributed by atoms with E-state index in [1.807, 2.05) is 26.8 Å². The molecule has 190 valence electrons. The van der Waals surface area contributed by atoms with Gasteiger partial charge >= 0.3 is 6.09 Å². The summed E-state index contributed by atoms with van der Waals surface area (Å²) in [6.45, 7) is 11.8.